The van der Waals surface area contributed by atoms with Crippen LogP contribution in [0.25, 0.3) is 0 Å². The summed E-state index contributed by atoms with van der Waals surface area (Å²) in [6.45, 7) is 5.67. The van der Waals surface area contributed by atoms with Crippen molar-refractivity contribution in [1.82, 2.24) is 20.8 Å². The number of halogens is 2. The predicted molar refractivity (Wildman–Crippen MR) is 102 cm³/mol. The van der Waals surface area contributed by atoms with Gasteiger partial charge in [0.25, 0.3) is 0 Å². The van der Waals surface area contributed by atoms with E-state index in [9.17, 15) is 4.39 Å². The molecule has 0 aliphatic heterocycles. The highest BCUT2D eigenvalue weighted by molar-refractivity contribution is 14.0. The molecule has 0 radical (unpaired) electrons. The molecule has 0 bridgehead atoms. The fraction of sp³-hybridized carbons (Fsp3) is 0.438. The molecule has 0 aliphatic carbocycles. The Bertz CT molecular complexity index is 647. The van der Waals surface area contributed by atoms with Gasteiger partial charge in [0.1, 0.15) is 5.82 Å². The van der Waals surface area contributed by atoms with Gasteiger partial charge in [-0.15, -0.1) is 24.0 Å². The second-order valence-electron chi connectivity index (χ2n) is 5.01. The zero-order valence-corrected chi connectivity index (χ0v) is 16.2. The quantitative estimate of drug-likeness (QED) is 0.388. The average Bonchev–Trinajstić information content (AvgIpc) is 2.94. The second-order valence-corrected chi connectivity index (χ2v) is 5.01. The number of aryl methyl sites for hydroxylation is 1. The number of guanidine groups is 1. The van der Waals surface area contributed by atoms with Crippen LogP contribution in [0.1, 0.15) is 24.2 Å². The van der Waals surface area contributed by atoms with Gasteiger partial charge < -0.3 is 15.2 Å². The summed E-state index contributed by atoms with van der Waals surface area (Å²) in [7, 11) is 0. The molecule has 132 valence electrons. The maximum absolute atomic E-state index is 13.6. The molecule has 0 atom stereocenters. The number of benzene rings is 1. The van der Waals surface area contributed by atoms with Crippen molar-refractivity contribution in [1.29, 1.82) is 0 Å². The predicted octanol–water partition coefficient (Wildman–Crippen LogP) is 2.48. The van der Waals surface area contributed by atoms with Crippen LogP contribution < -0.4 is 10.6 Å². The molecule has 1 heterocycles. The first-order valence-corrected chi connectivity index (χ1v) is 7.74. The van der Waals surface area contributed by atoms with Gasteiger partial charge >= 0.3 is 0 Å². The lowest BCUT2D eigenvalue weighted by atomic mass is 10.1. The first kappa shape index (κ1) is 20.3. The van der Waals surface area contributed by atoms with E-state index >= 15 is 0 Å². The van der Waals surface area contributed by atoms with E-state index in [1.807, 2.05) is 13.0 Å². The number of nitrogens with one attached hydrogen (secondary N) is 2. The molecule has 0 saturated heterocycles. The molecule has 0 spiro atoms. The third-order valence-electron chi connectivity index (χ3n) is 3.15. The van der Waals surface area contributed by atoms with Crippen LogP contribution >= 0.6 is 24.0 Å². The molecule has 0 unspecified atom stereocenters. The van der Waals surface area contributed by atoms with Crippen molar-refractivity contribution >= 4 is 29.9 Å². The molecule has 0 aliphatic rings. The topological polar surface area (TPSA) is 75.3 Å². The van der Waals surface area contributed by atoms with Crippen LogP contribution in [-0.2, 0) is 12.8 Å². The third-order valence-corrected chi connectivity index (χ3v) is 3.15. The van der Waals surface area contributed by atoms with Gasteiger partial charge in [-0.1, -0.05) is 23.4 Å². The highest BCUT2D eigenvalue weighted by Crippen LogP contribution is 2.06. The maximum atomic E-state index is 13.6. The molecular formula is C16H23FIN5O. The summed E-state index contributed by atoms with van der Waals surface area (Å²) in [6, 6.07) is 6.79. The van der Waals surface area contributed by atoms with E-state index < -0.39 is 0 Å². The molecular weight excluding hydrogens is 424 g/mol. The number of rotatable bonds is 7. The highest BCUT2D eigenvalue weighted by atomic mass is 127. The van der Waals surface area contributed by atoms with Crippen LogP contribution in [0.15, 0.2) is 33.8 Å². The second kappa shape index (κ2) is 11.0. The largest absolute Gasteiger partial charge is 0.357 e. The molecule has 2 rings (SSSR count). The summed E-state index contributed by atoms with van der Waals surface area (Å²) < 4.78 is 18.6. The molecule has 8 heteroatoms. The van der Waals surface area contributed by atoms with E-state index in [1.54, 1.807) is 19.1 Å². The van der Waals surface area contributed by atoms with Crippen LogP contribution in [0, 0.1) is 12.7 Å². The molecule has 2 aromatic rings. The summed E-state index contributed by atoms with van der Waals surface area (Å²) in [5.41, 5.74) is 0.692. The SMILES string of the molecule is CCNC(=NCCc1nc(C)no1)NCCc1ccccc1F.I. The Kier molecular flexibility index (Phi) is 9.28. The van der Waals surface area contributed by atoms with E-state index in [2.05, 4.69) is 25.8 Å². The van der Waals surface area contributed by atoms with Gasteiger partial charge in [0.05, 0.1) is 6.54 Å². The fourth-order valence-corrected chi connectivity index (χ4v) is 2.06. The zero-order chi connectivity index (χ0) is 16.5. The van der Waals surface area contributed by atoms with Crippen LogP contribution in [0.4, 0.5) is 4.39 Å². The molecule has 0 fully saturated rings. The smallest absolute Gasteiger partial charge is 0.228 e. The molecule has 2 N–H and O–H groups in total. The van der Waals surface area contributed by atoms with Crippen molar-refractivity contribution < 1.29 is 8.91 Å². The van der Waals surface area contributed by atoms with E-state index in [-0.39, 0.29) is 29.8 Å². The summed E-state index contributed by atoms with van der Waals surface area (Å²) >= 11 is 0. The van der Waals surface area contributed by atoms with Gasteiger partial charge in [0, 0.05) is 19.5 Å². The van der Waals surface area contributed by atoms with Gasteiger partial charge in [-0.05, 0) is 31.9 Å². The van der Waals surface area contributed by atoms with E-state index in [4.69, 9.17) is 4.52 Å². The number of aliphatic imine (C=N–C) groups is 1. The lowest BCUT2D eigenvalue weighted by Crippen LogP contribution is -2.38. The number of hydrogen-bond donors (Lipinski definition) is 2. The number of nitrogens with zero attached hydrogens (tertiary/aromatic N) is 3. The zero-order valence-electron chi connectivity index (χ0n) is 13.9. The summed E-state index contributed by atoms with van der Waals surface area (Å²) in [5, 5.41) is 10.1. The van der Waals surface area contributed by atoms with Gasteiger partial charge in [-0.3, -0.25) is 4.99 Å². The highest BCUT2D eigenvalue weighted by Gasteiger charge is 2.04. The maximum Gasteiger partial charge on any atom is 0.228 e. The third kappa shape index (κ3) is 6.81. The van der Waals surface area contributed by atoms with Crippen molar-refractivity contribution in [3.05, 3.63) is 47.4 Å². The van der Waals surface area contributed by atoms with Crippen LogP contribution in [0.2, 0.25) is 0 Å². The minimum absolute atomic E-state index is 0. The van der Waals surface area contributed by atoms with Crippen molar-refractivity contribution in [3.63, 3.8) is 0 Å². The standard InChI is InChI=1S/C16H22FN5O.HI/c1-3-18-16(20-11-9-15-21-12(2)22-23-15)19-10-8-13-6-4-5-7-14(13)17;/h4-7H,3,8-11H2,1-2H3,(H2,18,19,20);1H. The van der Waals surface area contributed by atoms with Crippen molar-refractivity contribution in [2.45, 2.75) is 26.7 Å². The first-order valence-electron chi connectivity index (χ1n) is 7.74. The van der Waals surface area contributed by atoms with E-state index in [0.29, 0.717) is 49.2 Å². The van der Waals surface area contributed by atoms with Gasteiger partial charge in [0.2, 0.25) is 5.89 Å². The Hall–Kier alpha value is -1.71. The van der Waals surface area contributed by atoms with E-state index in [1.165, 1.54) is 6.07 Å². The van der Waals surface area contributed by atoms with Crippen LogP contribution in [-0.4, -0.2) is 35.7 Å². The summed E-state index contributed by atoms with van der Waals surface area (Å²) in [4.78, 5) is 8.58. The van der Waals surface area contributed by atoms with E-state index in [0.717, 1.165) is 6.54 Å². The Balaban J connectivity index is 0.00000288. The molecule has 1 aromatic heterocycles. The summed E-state index contributed by atoms with van der Waals surface area (Å²) in [6.07, 6.45) is 1.19. The minimum Gasteiger partial charge on any atom is -0.357 e. The normalized spacial score (nSPS) is 11.0. The van der Waals surface area contributed by atoms with Crippen molar-refractivity contribution in [2.24, 2.45) is 4.99 Å². The molecule has 0 amide bonds. The lowest BCUT2D eigenvalue weighted by Gasteiger charge is -2.11. The van der Waals surface area contributed by atoms with Crippen molar-refractivity contribution in [3.8, 4) is 0 Å². The Labute approximate surface area is 158 Å². The number of hydrogen-bond acceptors (Lipinski definition) is 4. The first-order chi connectivity index (χ1) is 11.2. The molecule has 0 saturated carbocycles. The van der Waals surface area contributed by atoms with Gasteiger partial charge in [-0.25, -0.2) is 4.39 Å². The average molecular weight is 447 g/mol. The summed E-state index contributed by atoms with van der Waals surface area (Å²) in [5.74, 6) is 1.72. The van der Waals surface area contributed by atoms with Gasteiger partial charge in [0.15, 0.2) is 11.8 Å². The minimum atomic E-state index is -0.178. The lowest BCUT2D eigenvalue weighted by molar-refractivity contribution is 0.376. The van der Waals surface area contributed by atoms with Crippen LogP contribution in [0.5, 0.6) is 0 Å². The Morgan fingerprint density at radius 3 is 2.71 bits per heavy atom. The molecule has 6 nitrogen and oxygen atoms in total. The van der Waals surface area contributed by atoms with Crippen molar-refractivity contribution in [2.75, 3.05) is 19.6 Å². The molecule has 24 heavy (non-hydrogen) atoms. The fourth-order valence-electron chi connectivity index (χ4n) is 2.06. The number of aromatic nitrogens is 2. The van der Waals surface area contributed by atoms with Gasteiger partial charge in [-0.2, -0.15) is 4.98 Å². The molecule has 1 aromatic carbocycles. The monoisotopic (exact) mass is 447 g/mol. The van der Waals surface area contributed by atoms with Crippen LogP contribution in [0.3, 0.4) is 0 Å². The Morgan fingerprint density at radius 2 is 2.04 bits per heavy atom. The Morgan fingerprint density at radius 1 is 1.25 bits per heavy atom.